The summed E-state index contributed by atoms with van der Waals surface area (Å²) in [7, 11) is 2.59. The first-order valence-electron chi connectivity index (χ1n) is 6.19. The molecular formula is C15H18O5. The van der Waals surface area contributed by atoms with Crippen LogP contribution in [0.5, 0.6) is 5.75 Å². The minimum absolute atomic E-state index is 0.000415. The van der Waals surface area contributed by atoms with Gasteiger partial charge in [0.05, 0.1) is 27.2 Å². The van der Waals surface area contributed by atoms with Gasteiger partial charge in [0.2, 0.25) is 0 Å². The van der Waals surface area contributed by atoms with Crippen molar-refractivity contribution in [1.82, 2.24) is 0 Å². The molecule has 5 nitrogen and oxygen atoms in total. The average molecular weight is 278 g/mol. The molecule has 0 aliphatic rings. The maximum absolute atomic E-state index is 11.4. The molecule has 0 heterocycles. The number of carbonyl (C=O) groups is 2. The van der Waals surface area contributed by atoms with Crippen molar-refractivity contribution in [3.63, 3.8) is 0 Å². The van der Waals surface area contributed by atoms with Crippen molar-refractivity contribution in [1.29, 1.82) is 0 Å². The van der Waals surface area contributed by atoms with Crippen LogP contribution in [0.15, 0.2) is 30.3 Å². The molecule has 1 aromatic carbocycles. The fourth-order valence-corrected chi connectivity index (χ4v) is 1.60. The first-order valence-corrected chi connectivity index (χ1v) is 6.19. The Morgan fingerprint density at radius 1 is 1.10 bits per heavy atom. The first-order chi connectivity index (χ1) is 9.60. The maximum Gasteiger partial charge on any atom is 0.330 e. The summed E-state index contributed by atoms with van der Waals surface area (Å²) in [6.07, 6.45) is 1.28. The molecule has 0 amide bonds. The lowest BCUT2D eigenvalue weighted by atomic mass is 10.0. The van der Waals surface area contributed by atoms with E-state index in [9.17, 15) is 9.59 Å². The minimum Gasteiger partial charge on any atom is -0.494 e. The van der Waals surface area contributed by atoms with Gasteiger partial charge in [0.25, 0.3) is 0 Å². The summed E-state index contributed by atoms with van der Waals surface area (Å²) in [6.45, 7) is 2.47. The number of rotatable bonds is 6. The van der Waals surface area contributed by atoms with Gasteiger partial charge < -0.3 is 14.2 Å². The van der Waals surface area contributed by atoms with E-state index in [1.54, 1.807) is 24.3 Å². The zero-order valence-electron chi connectivity index (χ0n) is 11.8. The third-order valence-electron chi connectivity index (χ3n) is 2.59. The van der Waals surface area contributed by atoms with Crippen LogP contribution >= 0.6 is 0 Å². The highest BCUT2D eigenvalue weighted by molar-refractivity contribution is 5.96. The van der Waals surface area contributed by atoms with Crippen molar-refractivity contribution in [3.8, 4) is 5.75 Å². The number of methoxy groups -OCH3 is 2. The van der Waals surface area contributed by atoms with Crippen LogP contribution in [0, 0.1) is 0 Å². The zero-order chi connectivity index (χ0) is 15.0. The number of benzene rings is 1. The summed E-state index contributed by atoms with van der Waals surface area (Å²) < 4.78 is 14.6. The van der Waals surface area contributed by atoms with Crippen LogP contribution in [-0.2, 0) is 19.1 Å². The fraction of sp³-hybridized carbons (Fsp3) is 0.333. The van der Waals surface area contributed by atoms with Crippen LogP contribution in [0.1, 0.15) is 18.9 Å². The van der Waals surface area contributed by atoms with E-state index in [0.717, 1.165) is 11.3 Å². The van der Waals surface area contributed by atoms with Gasteiger partial charge in [0, 0.05) is 6.08 Å². The number of hydrogen-bond donors (Lipinski definition) is 0. The zero-order valence-corrected chi connectivity index (χ0v) is 11.8. The summed E-state index contributed by atoms with van der Waals surface area (Å²) in [5, 5.41) is 0. The molecule has 0 fully saturated rings. The molecule has 5 heteroatoms. The van der Waals surface area contributed by atoms with Crippen LogP contribution in [0.25, 0.3) is 5.57 Å². The van der Waals surface area contributed by atoms with Gasteiger partial charge in [-0.1, -0.05) is 12.1 Å². The first kappa shape index (κ1) is 15.8. The molecule has 108 valence electrons. The van der Waals surface area contributed by atoms with Gasteiger partial charge in [-0.15, -0.1) is 0 Å². The predicted molar refractivity (Wildman–Crippen MR) is 74.2 cm³/mol. The van der Waals surface area contributed by atoms with Crippen LogP contribution in [0.3, 0.4) is 0 Å². The van der Waals surface area contributed by atoms with E-state index in [0.29, 0.717) is 12.2 Å². The average Bonchev–Trinajstić information content (AvgIpc) is 2.47. The van der Waals surface area contributed by atoms with E-state index < -0.39 is 11.9 Å². The Morgan fingerprint density at radius 3 is 2.25 bits per heavy atom. The monoisotopic (exact) mass is 278 g/mol. The highest BCUT2D eigenvalue weighted by Crippen LogP contribution is 2.22. The molecule has 0 atom stereocenters. The standard InChI is InChI=1S/C15H18O5/c1-4-20-13-7-5-11(6-8-13)12(9-14(16)18-2)10-15(17)19-3/h5-9H,4,10H2,1-3H3/b12-9-. The Hall–Kier alpha value is -2.30. The molecule has 0 aromatic heterocycles. The molecule has 0 saturated carbocycles. The fourth-order valence-electron chi connectivity index (χ4n) is 1.60. The van der Waals surface area contributed by atoms with Gasteiger partial charge >= 0.3 is 11.9 Å². The van der Waals surface area contributed by atoms with Crippen molar-refractivity contribution in [2.45, 2.75) is 13.3 Å². The van der Waals surface area contributed by atoms with Crippen molar-refractivity contribution in [2.24, 2.45) is 0 Å². The van der Waals surface area contributed by atoms with Crippen LogP contribution in [-0.4, -0.2) is 32.8 Å². The van der Waals surface area contributed by atoms with E-state index in [4.69, 9.17) is 4.74 Å². The molecule has 1 aromatic rings. The highest BCUT2D eigenvalue weighted by atomic mass is 16.5. The predicted octanol–water partition coefficient (Wildman–Crippen LogP) is 2.20. The van der Waals surface area contributed by atoms with E-state index in [2.05, 4.69) is 9.47 Å². The van der Waals surface area contributed by atoms with E-state index in [1.165, 1.54) is 20.3 Å². The van der Waals surface area contributed by atoms with Gasteiger partial charge in [0.1, 0.15) is 5.75 Å². The topological polar surface area (TPSA) is 61.8 Å². The normalized spacial score (nSPS) is 10.8. The second-order valence-electron chi connectivity index (χ2n) is 3.90. The Labute approximate surface area is 118 Å². The van der Waals surface area contributed by atoms with Gasteiger partial charge in [-0.05, 0) is 30.2 Å². The number of hydrogen-bond acceptors (Lipinski definition) is 5. The number of esters is 2. The summed E-state index contributed by atoms with van der Waals surface area (Å²) in [5.41, 5.74) is 1.27. The SMILES string of the molecule is CCOc1ccc(/C(=C\C(=O)OC)CC(=O)OC)cc1. The van der Waals surface area contributed by atoms with Crippen molar-refractivity contribution in [2.75, 3.05) is 20.8 Å². The van der Waals surface area contributed by atoms with Gasteiger partial charge in [0.15, 0.2) is 0 Å². The summed E-state index contributed by atoms with van der Waals surface area (Å²) in [6, 6.07) is 7.12. The third kappa shape index (κ3) is 4.76. The van der Waals surface area contributed by atoms with Gasteiger partial charge in [-0.3, -0.25) is 4.79 Å². The smallest absolute Gasteiger partial charge is 0.330 e. The Bertz CT molecular complexity index is 487. The van der Waals surface area contributed by atoms with Crippen LogP contribution in [0.2, 0.25) is 0 Å². The maximum atomic E-state index is 11.4. The second kappa shape index (κ2) is 7.99. The van der Waals surface area contributed by atoms with Gasteiger partial charge in [-0.2, -0.15) is 0 Å². The molecule has 0 aliphatic carbocycles. The molecule has 0 saturated heterocycles. The third-order valence-corrected chi connectivity index (χ3v) is 2.59. The molecule has 0 radical (unpaired) electrons. The summed E-state index contributed by atoms with van der Waals surface area (Å²) in [5.74, 6) is -0.210. The summed E-state index contributed by atoms with van der Waals surface area (Å²) in [4.78, 5) is 22.8. The Morgan fingerprint density at radius 2 is 1.75 bits per heavy atom. The largest absolute Gasteiger partial charge is 0.494 e. The molecular weight excluding hydrogens is 260 g/mol. The molecule has 1 rings (SSSR count). The quantitative estimate of drug-likeness (QED) is 0.589. The molecule has 0 bridgehead atoms. The van der Waals surface area contributed by atoms with E-state index in [-0.39, 0.29) is 6.42 Å². The van der Waals surface area contributed by atoms with Gasteiger partial charge in [-0.25, -0.2) is 4.79 Å². The van der Waals surface area contributed by atoms with E-state index >= 15 is 0 Å². The lowest BCUT2D eigenvalue weighted by Gasteiger charge is -2.08. The highest BCUT2D eigenvalue weighted by Gasteiger charge is 2.11. The van der Waals surface area contributed by atoms with Crippen LogP contribution < -0.4 is 4.74 Å². The molecule has 0 aliphatic heterocycles. The lowest BCUT2D eigenvalue weighted by molar-refractivity contribution is -0.139. The molecule has 0 spiro atoms. The Balaban J connectivity index is 3.00. The molecule has 0 N–H and O–H groups in total. The van der Waals surface area contributed by atoms with Crippen molar-refractivity contribution >= 4 is 17.5 Å². The molecule has 0 unspecified atom stereocenters. The van der Waals surface area contributed by atoms with E-state index in [1.807, 2.05) is 6.92 Å². The molecule has 20 heavy (non-hydrogen) atoms. The lowest BCUT2D eigenvalue weighted by Crippen LogP contribution is -2.04. The van der Waals surface area contributed by atoms with Crippen molar-refractivity contribution in [3.05, 3.63) is 35.9 Å². The number of ether oxygens (including phenoxy) is 3. The minimum atomic E-state index is -0.516. The number of carbonyl (C=O) groups excluding carboxylic acids is 2. The van der Waals surface area contributed by atoms with Crippen molar-refractivity contribution < 1.29 is 23.8 Å². The summed E-state index contributed by atoms with van der Waals surface area (Å²) >= 11 is 0. The van der Waals surface area contributed by atoms with Crippen LogP contribution in [0.4, 0.5) is 0 Å². The second-order valence-corrected chi connectivity index (χ2v) is 3.90. The Kier molecular flexibility index (Phi) is 6.29.